The number of piperidine rings is 1. The predicted octanol–water partition coefficient (Wildman–Crippen LogP) is 3.19. The fourth-order valence-corrected chi connectivity index (χ4v) is 5.75. The Balaban J connectivity index is 1.43. The minimum atomic E-state index is -3.70. The molecule has 1 aliphatic heterocycles. The van der Waals surface area contributed by atoms with Crippen LogP contribution in [0.15, 0.2) is 47.4 Å². The highest BCUT2D eigenvalue weighted by Crippen LogP contribution is 2.27. The summed E-state index contributed by atoms with van der Waals surface area (Å²) in [5.41, 5.74) is 1.54. The lowest BCUT2D eigenvalue weighted by Crippen LogP contribution is -2.48. The fraction of sp³-hybridized carbons (Fsp3) is 0.480. The minimum absolute atomic E-state index is 0.0961. The van der Waals surface area contributed by atoms with Gasteiger partial charge in [0.15, 0.2) is 0 Å². The lowest BCUT2D eigenvalue weighted by atomic mass is 9.85. The first-order valence-corrected chi connectivity index (χ1v) is 13.2. The quantitative estimate of drug-likeness (QED) is 0.526. The smallest absolute Gasteiger partial charge is 0.248 e. The summed E-state index contributed by atoms with van der Waals surface area (Å²) in [5, 5.41) is 11.4. The molecule has 0 bridgehead atoms. The molecule has 0 radical (unpaired) electrons. The third-order valence-corrected chi connectivity index (χ3v) is 8.75. The van der Waals surface area contributed by atoms with E-state index in [1.807, 2.05) is 30.3 Å². The van der Waals surface area contributed by atoms with Crippen LogP contribution in [0, 0.1) is 13.8 Å². The van der Waals surface area contributed by atoms with E-state index in [0.717, 1.165) is 5.56 Å². The van der Waals surface area contributed by atoms with Gasteiger partial charge in [-0.3, -0.25) is 4.79 Å². The van der Waals surface area contributed by atoms with Gasteiger partial charge in [-0.1, -0.05) is 41.9 Å². The topological polar surface area (TPSA) is 87.2 Å². The van der Waals surface area contributed by atoms with E-state index in [0.29, 0.717) is 48.5 Å². The first kappa shape index (κ1) is 26.6. The minimum Gasteiger partial charge on any atom is -0.389 e. The van der Waals surface area contributed by atoms with Gasteiger partial charge in [0.25, 0.3) is 0 Å². The SMILES string of the molecule is Cc1cc(S(=O)(=O)N(C)CCOCC(=O)N2CCC(O)(Cc3ccccc3)CC2)c(C)cc1Cl. The molecule has 1 N–H and O–H groups in total. The monoisotopic (exact) mass is 508 g/mol. The molecule has 7 nitrogen and oxygen atoms in total. The lowest BCUT2D eigenvalue weighted by molar-refractivity contribution is -0.140. The molecule has 9 heteroatoms. The number of hydrogen-bond acceptors (Lipinski definition) is 5. The van der Waals surface area contributed by atoms with E-state index < -0.39 is 15.6 Å². The molecule has 1 saturated heterocycles. The molecule has 2 aromatic rings. The number of aryl methyl sites for hydroxylation is 2. The van der Waals surface area contributed by atoms with Crippen LogP contribution < -0.4 is 0 Å². The van der Waals surface area contributed by atoms with E-state index >= 15 is 0 Å². The molecular formula is C25H33ClN2O5S. The molecule has 0 spiro atoms. The van der Waals surface area contributed by atoms with Crippen LogP contribution in [0.25, 0.3) is 0 Å². The summed E-state index contributed by atoms with van der Waals surface area (Å²) in [4.78, 5) is 14.4. The first-order chi connectivity index (χ1) is 16.0. The molecule has 1 aliphatic rings. The summed E-state index contributed by atoms with van der Waals surface area (Å²) in [6, 6.07) is 13.1. The van der Waals surface area contributed by atoms with Gasteiger partial charge >= 0.3 is 0 Å². The molecular weight excluding hydrogens is 476 g/mol. The summed E-state index contributed by atoms with van der Waals surface area (Å²) in [7, 11) is -2.21. The summed E-state index contributed by atoms with van der Waals surface area (Å²) >= 11 is 6.09. The van der Waals surface area contributed by atoms with Gasteiger partial charge in [-0.05, 0) is 55.5 Å². The summed E-state index contributed by atoms with van der Waals surface area (Å²) in [6.45, 7) is 4.50. The number of carbonyl (C=O) groups is 1. The molecule has 0 unspecified atom stereocenters. The Morgan fingerprint density at radius 2 is 1.79 bits per heavy atom. The van der Waals surface area contributed by atoms with Gasteiger partial charge in [0, 0.05) is 38.1 Å². The highest BCUT2D eigenvalue weighted by molar-refractivity contribution is 7.89. The molecule has 34 heavy (non-hydrogen) atoms. The second-order valence-corrected chi connectivity index (χ2v) is 11.4. The van der Waals surface area contributed by atoms with Crippen molar-refractivity contribution in [1.29, 1.82) is 0 Å². The van der Waals surface area contributed by atoms with E-state index in [1.165, 1.54) is 11.4 Å². The summed E-state index contributed by atoms with van der Waals surface area (Å²) in [6.07, 6.45) is 1.59. The van der Waals surface area contributed by atoms with E-state index in [9.17, 15) is 18.3 Å². The summed E-state index contributed by atoms with van der Waals surface area (Å²) < 4.78 is 32.5. The van der Waals surface area contributed by atoms with E-state index in [-0.39, 0.29) is 30.6 Å². The van der Waals surface area contributed by atoms with E-state index in [4.69, 9.17) is 16.3 Å². The van der Waals surface area contributed by atoms with E-state index in [2.05, 4.69) is 0 Å². The number of rotatable bonds is 9. The van der Waals surface area contributed by atoms with Crippen molar-refractivity contribution in [3.8, 4) is 0 Å². The molecule has 0 aromatic heterocycles. The average Bonchev–Trinajstić information content (AvgIpc) is 2.79. The molecule has 3 rings (SSSR count). The molecule has 0 atom stereocenters. The van der Waals surface area contributed by atoms with Crippen LogP contribution in [0.4, 0.5) is 0 Å². The van der Waals surface area contributed by atoms with Crippen LogP contribution in [0.1, 0.15) is 29.5 Å². The van der Waals surface area contributed by atoms with Crippen LogP contribution in [-0.2, 0) is 26.0 Å². The number of carbonyl (C=O) groups excluding carboxylic acids is 1. The number of aliphatic hydroxyl groups is 1. The number of sulfonamides is 1. The third-order valence-electron chi connectivity index (χ3n) is 6.34. The highest BCUT2D eigenvalue weighted by Gasteiger charge is 2.34. The van der Waals surface area contributed by atoms with Gasteiger partial charge in [0.05, 0.1) is 17.1 Å². The van der Waals surface area contributed by atoms with Crippen molar-refractivity contribution in [3.63, 3.8) is 0 Å². The second kappa shape index (κ2) is 11.2. The number of nitrogens with zero attached hydrogens (tertiary/aromatic N) is 2. The average molecular weight is 509 g/mol. The molecule has 186 valence electrons. The number of benzene rings is 2. The zero-order chi connectivity index (χ0) is 24.9. The van der Waals surface area contributed by atoms with Crippen LogP contribution in [-0.4, -0.2) is 74.1 Å². The van der Waals surface area contributed by atoms with Gasteiger partial charge in [0.1, 0.15) is 6.61 Å². The van der Waals surface area contributed by atoms with Crippen molar-refractivity contribution in [2.45, 2.75) is 43.6 Å². The predicted molar refractivity (Wildman–Crippen MR) is 132 cm³/mol. The second-order valence-electron chi connectivity index (χ2n) is 9.01. The Kier molecular flexibility index (Phi) is 8.76. The number of hydrogen-bond donors (Lipinski definition) is 1. The molecule has 1 heterocycles. The van der Waals surface area contributed by atoms with Crippen molar-refractivity contribution < 1.29 is 23.1 Å². The normalized spacial score (nSPS) is 16.1. The summed E-state index contributed by atoms with van der Waals surface area (Å²) in [5.74, 6) is -0.156. The van der Waals surface area contributed by atoms with Crippen LogP contribution in [0.2, 0.25) is 5.02 Å². The third kappa shape index (κ3) is 6.58. The van der Waals surface area contributed by atoms with Gasteiger partial charge in [0.2, 0.25) is 15.9 Å². The van der Waals surface area contributed by atoms with Crippen molar-refractivity contribution in [2.24, 2.45) is 0 Å². The standard InChI is InChI=1S/C25H33ClN2O5S/c1-19-16-23(20(2)15-22(19)26)34(31,32)27(3)13-14-33-18-24(29)28-11-9-25(30,10-12-28)17-21-7-5-4-6-8-21/h4-8,15-16,30H,9-14,17-18H2,1-3H3. The molecule has 1 fully saturated rings. The number of amides is 1. The maximum atomic E-state index is 12.9. The zero-order valence-corrected chi connectivity index (χ0v) is 21.5. The maximum Gasteiger partial charge on any atom is 0.248 e. The van der Waals surface area contributed by atoms with Crippen molar-refractivity contribution in [1.82, 2.24) is 9.21 Å². The number of likely N-dealkylation sites (tertiary alicyclic amines) is 1. The van der Waals surface area contributed by atoms with Gasteiger partial charge in [-0.2, -0.15) is 4.31 Å². The largest absolute Gasteiger partial charge is 0.389 e. The zero-order valence-electron chi connectivity index (χ0n) is 20.0. The Morgan fingerprint density at radius 3 is 2.44 bits per heavy atom. The van der Waals surface area contributed by atoms with Crippen molar-refractivity contribution in [3.05, 3.63) is 64.2 Å². The Bertz CT molecular complexity index is 1100. The maximum absolute atomic E-state index is 12.9. The Labute approximate surface area is 207 Å². The van der Waals surface area contributed by atoms with E-state index in [1.54, 1.807) is 30.9 Å². The molecule has 0 saturated carbocycles. The van der Waals surface area contributed by atoms with Crippen molar-refractivity contribution >= 4 is 27.5 Å². The van der Waals surface area contributed by atoms with Crippen LogP contribution in [0.5, 0.6) is 0 Å². The first-order valence-electron chi connectivity index (χ1n) is 11.4. The molecule has 0 aliphatic carbocycles. The van der Waals surface area contributed by atoms with Gasteiger partial charge < -0.3 is 14.7 Å². The molecule has 2 aromatic carbocycles. The van der Waals surface area contributed by atoms with Crippen LogP contribution in [0.3, 0.4) is 0 Å². The lowest BCUT2D eigenvalue weighted by Gasteiger charge is -2.38. The number of ether oxygens (including phenoxy) is 1. The van der Waals surface area contributed by atoms with Crippen molar-refractivity contribution in [2.75, 3.05) is 39.9 Å². The van der Waals surface area contributed by atoms with Gasteiger partial charge in [-0.15, -0.1) is 0 Å². The Morgan fingerprint density at radius 1 is 1.15 bits per heavy atom. The fourth-order valence-electron chi connectivity index (χ4n) is 4.09. The Hall–Kier alpha value is -1.97. The number of halogens is 1. The molecule has 1 amide bonds. The van der Waals surface area contributed by atoms with Gasteiger partial charge in [-0.25, -0.2) is 8.42 Å². The highest BCUT2D eigenvalue weighted by atomic mass is 35.5. The number of likely N-dealkylation sites (N-methyl/N-ethyl adjacent to an activating group) is 1. The van der Waals surface area contributed by atoms with Crippen LogP contribution >= 0.6 is 11.6 Å².